The molecule has 3 heterocycles. The average molecular weight is 855 g/mol. The molecule has 0 bridgehead atoms. The number of likely N-dealkylation sites (tertiary alicyclic amines) is 1. The Balaban J connectivity index is 0.845. The van der Waals surface area contributed by atoms with Crippen LogP contribution in [0, 0.1) is 22.6 Å². The van der Waals surface area contributed by atoms with E-state index in [0.29, 0.717) is 37.0 Å². The van der Waals surface area contributed by atoms with Gasteiger partial charge in [0.1, 0.15) is 29.1 Å². The van der Waals surface area contributed by atoms with E-state index in [1.54, 1.807) is 50.2 Å². The molecule has 0 spiro atoms. The highest BCUT2D eigenvalue weighted by Gasteiger charge is 2.49. The van der Waals surface area contributed by atoms with Crippen LogP contribution in [0.15, 0.2) is 78.9 Å². The van der Waals surface area contributed by atoms with Crippen molar-refractivity contribution in [2.45, 2.75) is 77.2 Å². The predicted octanol–water partition coefficient (Wildman–Crippen LogP) is 7.62. The van der Waals surface area contributed by atoms with Crippen LogP contribution in [0.4, 0.5) is 17.6 Å². The van der Waals surface area contributed by atoms with Crippen molar-refractivity contribution >= 4 is 29.5 Å². The van der Waals surface area contributed by atoms with Crippen LogP contribution in [-0.2, 0) is 27.1 Å². The van der Waals surface area contributed by atoms with Gasteiger partial charge >= 0.3 is 6.18 Å². The standard InChI is InChI=1S/C46H42F4N4O8/c1-45(2)26-53(44(59)40(45)62-32-17-14-29(24-51)34(23-32)46(48,49)50)25-30-11-10-28(22-35(30)47)27-12-15-31(16-13-27)60-20-5-3-4-6-21-61-37-9-7-8-33-39(37)43(58)54(42(33)57)36-18-19-38(55)52-41(36)56/h7-17,22-23,36,40H,3-6,18-21,25-26H2,1-2H3,(H,52,55,56). The van der Waals surface area contributed by atoms with Crippen molar-refractivity contribution in [1.29, 1.82) is 5.26 Å². The van der Waals surface area contributed by atoms with E-state index in [1.165, 1.54) is 29.2 Å². The third kappa shape index (κ3) is 9.12. The summed E-state index contributed by atoms with van der Waals surface area (Å²) in [6, 6.07) is 20.1. The number of nitrogens with zero attached hydrogens (tertiary/aromatic N) is 3. The molecule has 4 aromatic rings. The van der Waals surface area contributed by atoms with E-state index in [2.05, 4.69) is 5.32 Å². The van der Waals surface area contributed by atoms with Crippen molar-refractivity contribution in [2.24, 2.45) is 5.41 Å². The molecule has 0 aliphatic carbocycles. The largest absolute Gasteiger partial charge is 0.494 e. The number of carbonyl (C=O) groups is 5. The highest BCUT2D eigenvalue weighted by atomic mass is 19.4. The molecule has 2 saturated heterocycles. The molecule has 2 fully saturated rings. The Kier molecular flexibility index (Phi) is 12.4. The van der Waals surface area contributed by atoms with E-state index in [-0.39, 0.29) is 54.1 Å². The van der Waals surface area contributed by atoms with Crippen LogP contribution < -0.4 is 19.5 Å². The fourth-order valence-electron chi connectivity index (χ4n) is 7.90. The predicted molar refractivity (Wildman–Crippen MR) is 214 cm³/mol. The maximum Gasteiger partial charge on any atom is 0.417 e. The summed E-state index contributed by atoms with van der Waals surface area (Å²) >= 11 is 0. The van der Waals surface area contributed by atoms with Crippen LogP contribution >= 0.6 is 0 Å². The number of nitriles is 1. The van der Waals surface area contributed by atoms with Gasteiger partial charge in [-0.2, -0.15) is 18.4 Å². The highest BCUT2D eigenvalue weighted by molar-refractivity contribution is 6.24. The monoisotopic (exact) mass is 854 g/mol. The van der Waals surface area contributed by atoms with Gasteiger partial charge in [0, 0.05) is 30.5 Å². The van der Waals surface area contributed by atoms with Crippen molar-refractivity contribution in [3.05, 3.63) is 112 Å². The molecule has 7 rings (SSSR count). The normalized spacial score (nSPS) is 18.4. The molecule has 62 heavy (non-hydrogen) atoms. The van der Waals surface area contributed by atoms with Gasteiger partial charge in [0.25, 0.3) is 17.7 Å². The first-order chi connectivity index (χ1) is 29.5. The highest BCUT2D eigenvalue weighted by Crippen LogP contribution is 2.39. The quantitative estimate of drug-likeness (QED) is 0.0723. The Morgan fingerprint density at radius 1 is 0.839 bits per heavy atom. The summed E-state index contributed by atoms with van der Waals surface area (Å²) in [4.78, 5) is 66.0. The summed E-state index contributed by atoms with van der Waals surface area (Å²) in [7, 11) is 0. The molecule has 12 nitrogen and oxygen atoms in total. The minimum atomic E-state index is -4.79. The molecule has 0 radical (unpaired) electrons. The maximum absolute atomic E-state index is 15.5. The van der Waals surface area contributed by atoms with Crippen LogP contribution in [0.1, 0.15) is 89.8 Å². The Labute approximate surface area is 354 Å². The Bertz CT molecular complexity index is 2460. The molecule has 16 heteroatoms. The second kappa shape index (κ2) is 17.7. The molecule has 1 N–H and O–H groups in total. The maximum atomic E-state index is 15.5. The molecule has 2 atom stereocenters. The lowest BCUT2D eigenvalue weighted by Crippen LogP contribution is -2.54. The Morgan fingerprint density at radius 2 is 1.53 bits per heavy atom. The molecular weight excluding hydrogens is 813 g/mol. The molecule has 2 unspecified atom stereocenters. The first-order valence-electron chi connectivity index (χ1n) is 20.1. The fourth-order valence-corrected chi connectivity index (χ4v) is 7.90. The molecular formula is C46H42F4N4O8. The van der Waals surface area contributed by atoms with Gasteiger partial charge in [0.05, 0.1) is 41.5 Å². The number of halogens is 4. The third-order valence-electron chi connectivity index (χ3n) is 11.1. The topological polar surface area (TPSA) is 155 Å². The molecule has 4 aromatic carbocycles. The van der Waals surface area contributed by atoms with Gasteiger partial charge in [-0.05, 0) is 91.8 Å². The van der Waals surface area contributed by atoms with Crippen molar-refractivity contribution in [2.75, 3.05) is 19.8 Å². The first kappa shape index (κ1) is 43.3. The number of unbranched alkanes of at least 4 members (excludes halogenated alkanes) is 3. The van der Waals surface area contributed by atoms with Crippen LogP contribution in [0.25, 0.3) is 11.1 Å². The summed E-state index contributed by atoms with van der Waals surface area (Å²) in [6.07, 6.45) is -2.71. The minimum Gasteiger partial charge on any atom is -0.494 e. The molecule has 0 saturated carbocycles. The zero-order valence-corrected chi connectivity index (χ0v) is 33.9. The second-order valence-electron chi connectivity index (χ2n) is 16.1. The average Bonchev–Trinajstić information content (AvgIpc) is 3.61. The van der Waals surface area contributed by atoms with Crippen molar-refractivity contribution in [3.63, 3.8) is 0 Å². The number of benzene rings is 4. The lowest BCUT2D eigenvalue weighted by Gasteiger charge is -2.27. The zero-order valence-electron chi connectivity index (χ0n) is 33.9. The molecule has 0 aromatic heterocycles. The van der Waals surface area contributed by atoms with Crippen molar-refractivity contribution in [1.82, 2.24) is 15.1 Å². The number of nitrogens with one attached hydrogen (secondary N) is 1. The van der Waals surface area contributed by atoms with Gasteiger partial charge in [0.2, 0.25) is 11.8 Å². The third-order valence-corrected chi connectivity index (χ3v) is 11.1. The Morgan fingerprint density at radius 3 is 2.21 bits per heavy atom. The number of hydrogen-bond acceptors (Lipinski definition) is 9. The number of fused-ring (bicyclic) bond motifs is 1. The summed E-state index contributed by atoms with van der Waals surface area (Å²) in [5, 5.41) is 11.3. The summed E-state index contributed by atoms with van der Waals surface area (Å²) < 4.78 is 73.6. The number of piperidine rings is 1. The number of amides is 5. The molecule has 5 amide bonds. The molecule has 3 aliphatic rings. The van der Waals surface area contributed by atoms with E-state index < -0.39 is 70.2 Å². The van der Waals surface area contributed by atoms with Crippen molar-refractivity contribution in [3.8, 4) is 34.4 Å². The van der Waals surface area contributed by atoms with Gasteiger partial charge < -0.3 is 19.1 Å². The minimum absolute atomic E-state index is 0.0346. The van der Waals surface area contributed by atoms with Crippen molar-refractivity contribution < 1.29 is 55.7 Å². The molecule has 3 aliphatic heterocycles. The zero-order chi connectivity index (χ0) is 44.3. The van der Waals surface area contributed by atoms with Crippen LogP contribution in [-0.4, -0.2) is 71.2 Å². The van der Waals surface area contributed by atoms with Gasteiger partial charge in [-0.1, -0.05) is 44.2 Å². The number of carbonyl (C=O) groups excluding carboxylic acids is 5. The van der Waals surface area contributed by atoms with Gasteiger partial charge in [-0.25, -0.2) is 4.39 Å². The van der Waals surface area contributed by atoms with E-state index in [1.807, 2.05) is 12.1 Å². The number of ether oxygens (including phenoxy) is 3. The lowest BCUT2D eigenvalue weighted by atomic mass is 9.89. The van der Waals surface area contributed by atoms with Gasteiger partial charge in [0.15, 0.2) is 6.10 Å². The smallest absolute Gasteiger partial charge is 0.417 e. The molecule has 322 valence electrons. The van der Waals surface area contributed by atoms with Crippen LogP contribution in [0.2, 0.25) is 0 Å². The van der Waals surface area contributed by atoms with E-state index in [0.717, 1.165) is 35.8 Å². The second-order valence-corrected chi connectivity index (χ2v) is 16.1. The van der Waals surface area contributed by atoms with Gasteiger partial charge in [-0.15, -0.1) is 0 Å². The summed E-state index contributed by atoms with van der Waals surface area (Å²) in [5.41, 5.74) is -0.640. The van der Waals surface area contributed by atoms with Gasteiger partial charge in [-0.3, -0.25) is 34.2 Å². The number of hydrogen-bond donors (Lipinski definition) is 1. The number of alkyl halides is 3. The number of rotatable bonds is 15. The van der Waals surface area contributed by atoms with E-state index in [4.69, 9.17) is 19.5 Å². The van der Waals surface area contributed by atoms with Crippen LogP contribution in [0.5, 0.6) is 17.2 Å². The lowest BCUT2D eigenvalue weighted by molar-refractivity contribution is -0.138. The number of imide groups is 2. The summed E-state index contributed by atoms with van der Waals surface area (Å²) in [5.74, 6) is -2.64. The van der Waals surface area contributed by atoms with Crippen LogP contribution in [0.3, 0.4) is 0 Å². The summed E-state index contributed by atoms with van der Waals surface area (Å²) in [6.45, 7) is 4.36. The first-order valence-corrected chi connectivity index (χ1v) is 20.1. The van der Waals surface area contributed by atoms with E-state index in [9.17, 15) is 37.1 Å². The van der Waals surface area contributed by atoms with E-state index >= 15 is 4.39 Å². The fraction of sp³-hybridized carbons (Fsp3) is 0.348. The Hall–Kier alpha value is -6.76. The SMILES string of the molecule is CC1(C)CN(Cc2ccc(-c3ccc(OCCCCCCOc4cccc5c4C(=O)N(C4CCC(=O)NC4=O)C5=O)cc3)cc2F)C(=O)C1Oc1ccc(C#N)c(C(F)(F)F)c1.